The monoisotopic (exact) mass is 584 g/mol. The van der Waals surface area contributed by atoms with Crippen molar-refractivity contribution in [2.45, 2.75) is 205 Å². The van der Waals surface area contributed by atoms with Crippen LogP contribution in [0.1, 0.15) is 193 Å². The first-order valence-electron chi connectivity index (χ1n) is 18.3. The highest BCUT2D eigenvalue weighted by molar-refractivity contribution is 5.82. The molecule has 0 rings (SSSR count). The van der Waals surface area contributed by atoms with Crippen molar-refractivity contribution in [1.82, 2.24) is 0 Å². The summed E-state index contributed by atoms with van der Waals surface area (Å²) in [5, 5.41) is 30.6. The van der Waals surface area contributed by atoms with E-state index in [2.05, 4.69) is 6.92 Å². The smallest absolute Gasteiger partial charge is 0.143 e. The van der Waals surface area contributed by atoms with Crippen molar-refractivity contribution in [3.63, 3.8) is 0 Å². The summed E-state index contributed by atoms with van der Waals surface area (Å²) in [6, 6.07) is 0. The molecule has 1 unspecified atom stereocenters. The lowest BCUT2D eigenvalue weighted by Crippen LogP contribution is -2.33. The third kappa shape index (κ3) is 28.1. The van der Waals surface area contributed by atoms with E-state index in [9.17, 15) is 20.1 Å². The Labute approximate surface area is 255 Å². The molecule has 0 aromatic rings. The second kappa shape index (κ2) is 32.4. The van der Waals surface area contributed by atoms with E-state index in [4.69, 9.17) is 5.73 Å². The second-order valence-electron chi connectivity index (χ2n) is 12.9. The van der Waals surface area contributed by atoms with Crippen LogP contribution in [0.15, 0.2) is 0 Å². The van der Waals surface area contributed by atoms with E-state index >= 15 is 0 Å². The zero-order chi connectivity index (χ0) is 30.2. The molecule has 0 spiro atoms. The molecule has 0 aromatic carbocycles. The number of aliphatic hydroxyl groups is 3. The van der Waals surface area contributed by atoms with E-state index in [0.717, 1.165) is 38.6 Å². The first kappa shape index (κ1) is 40.5. The van der Waals surface area contributed by atoms with Crippen molar-refractivity contribution in [1.29, 1.82) is 0 Å². The lowest BCUT2D eigenvalue weighted by atomic mass is 9.90. The van der Waals surface area contributed by atoms with Crippen LogP contribution in [-0.2, 0) is 4.79 Å². The van der Waals surface area contributed by atoms with Crippen LogP contribution in [0.4, 0.5) is 0 Å². The van der Waals surface area contributed by atoms with Crippen LogP contribution in [0.3, 0.4) is 0 Å². The number of nitrogens with two attached hydrogens (primary N) is 1. The van der Waals surface area contributed by atoms with Gasteiger partial charge in [-0.25, -0.2) is 0 Å². The third-order valence-electron chi connectivity index (χ3n) is 8.86. The first-order valence-corrected chi connectivity index (χ1v) is 18.3. The molecule has 0 radical (unpaired) electrons. The number of rotatable bonds is 34. The molecule has 0 aliphatic carbocycles. The first-order chi connectivity index (χ1) is 20.1. The van der Waals surface area contributed by atoms with Crippen LogP contribution in [0.5, 0.6) is 0 Å². The largest absolute Gasteiger partial charge is 0.396 e. The highest BCUT2D eigenvalue weighted by Crippen LogP contribution is 2.19. The predicted molar refractivity (Wildman–Crippen MR) is 176 cm³/mol. The van der Waals surface area contributed by atoms with Gasteiger partial charge < -0.3 is 21.1 Å². The summed E-state index contributed by atoms with van der Waals surface area (Å²) in [6.07, 6.45) is 32.6. The molecule has 0 aromatic heterocycles. The standard InChI is InChI=1S/C36H73NO4/c1-2-3-4-5-6-7-8-10-13-16-19-22-25-28-33(39)31-36(41)34(32-38)35(40)29-26-23-20-17-14-11-9-12-15-18-21-24-27-30-37/h33-35,38-40H,2-32,37H2,1H3/t33-,34-,35?/m1/s1. The summed E-state index contributed by atoms with van der Waals surface area (Å²) >= 11 is 0. The van der Waals surface area contributed by atoms with Gasteiger partial charge in [-0.15, -0.1) is 0 Å². The topological polar surface area (TPSA) is 104 Å². The number of hydrogen-bond donors (Lipinski definition) is 4. The van der Waals surface area contributed by atoms with E-state index < -0.39 is 18.1 Å². The molecule has 41 heavy (non-hydrogen) atoms. The average Bonchev–Trinajstić information content (AvgIpc) is 2.96. The Bertz CT molecular complexity index is 530. The third-order valence-corrected chi connectivity index (χ3v) is 8.86. The molecular weight excluding hydrogens is 510 g/mol. The van der Waals surface area contributed by atoms with Gasteiger partial charge in [-0.05, 0) is 25.8 Å². The van der Waals surface area contributed by atoms with E-state index in [-0.39, 0.29) is 18.8 Å². The summed E-state index contributed by atoms with van der Waals surface area (Å²) in [4.78, 5) is 12.6. The average molecular weight is 584 g/mol. The fraction of sp³-hybridized carbons (Fsp3) is 0.972. The van der Waals surface area contributed by atoms with Crippen molar-refractivity contribution in [3.05, 3.63) is 0 Å². The van der Waals surface area contributed by atoms with Gasteiger partial charge >= 0.3 is 0 Å². The van der Waals surface area contributed by atoms with Crippen molar-refractivity contribution in [3.8, 4) is 0 Å². The number of carbonyl (C=O) groups excluding carboxylic acids is 1. The minimum Gasteiger partial charge on any atom is -0.396 e. The Kier molecular flexibility index (Phi) is 32.0. The molecule has 5 nitrogen and oxygen atoms in total. The van der Waals surface area contributed by atoms with Crippen molar-refractivity contribution in [2.75, 3.05) is 13.2 Å². The van der Waals surface area contributed by atoms with Gasteiger partial charge in [-0.3, -0.25) is 4.79 Å². The molecule has 0 saturated heterocycles. The quantitative estimate of drug-likeness (QED) is 0.0565. The number of ketones is 1. The van der Waals surface area contributed by atoms with Gasteiger partial charge in [0.1, 0.15) is 5.78 Å². The fourth-order valence-corrected chi connectivity index (χ4v) is 5.97. The number of carbonyl (C=O) groups is 1. The SMILES string of the molecule is CCCCCCCCCCCCCCC[C@@H](O)CC(=O)[C@H](CO)C(O)CCCCCCCCCCCCCCCN. The minimum atomic E-state index is -0.805. The Balaban J connectivity index is 3.67. The van der Waals surface area contributed by atoms with Gasteiger partial charge in [0.05, 0.1) is 24.7 Å². The number of aliphatic hydroxyl groups excluding tert-OH is 3. The second-order valence-corrected chi connectivity index (χ2v) is 12.9. The maximum absolute atomic E-state index is 12.6. The van der Waals surface area contributed by atoms with E-state index in [0.29, 0.717) is 12.8 Å². The predicted octanol–water partition coefficient (Wildman–Crippen LogP) is 9.18. The van der Waals surface area contributed by atoms with Crippen LogP contribution in [-0.4, -0.2) is 46.5 Å². The minimum absolute atomic E-state index is 0.0498. The van der Waals surface area contributed by atoms with Gasteiger partial charge in [0.2, 0.25) is 0 Å². The van der Waals surface area contributed by atoms with Crippen LogP contribution >= 0.6 is 0 Å². The van der Waals surface area contributed by atoms with Gasteiger partial charge in [0, 0.05) is 6.42 Å². The van der Waals surface area contributed by atoms with E-state index in [1.165, 1.54) is 135 Å². The molecular formula is C36H73NO4. The summed E-state index contributed by atoms with van der Waals surface area (Å²) in [5.74, 6) is -0.951. The van der Waals surface area contributed by atoms with Crippen LogP contribution in [0.25, 0.3) is 0 Å². The van der Waals surface area contributed by atoms with E-state index in [1.807, 2.05) is 0 Å². The van der Waals surface area contributed by atoms with Crippen LogP contribution in [0, 0.1) is 5.92 Å². The van der Waals surface area contributed by atoms with Gasteiger partial charge in [0.15, 0.2) is 0 Å². The Morgan fingerprint density at radius 1 is 0.537 bits per heavy atom. The van der Waals surface area contributed by atoms with Crippen LogP contribution < -0.4 is 5.73 Å². The molecule has 0 heterocycles. The fourth-order valence-electron chi connectivity index (χ4n) is 5.97. The highest BCUT2D eigenvalue weighted by Gasteiger charge is 2.27. The Morgan fingerprint density at radius 2 is 0.878 bits per heavy atom. The van der Waals surface area contributed by atoms with E-state index in [1.54, 1.807) is 0 Å². The van der Waals surface area contributed by atoms with Crippen molar-refractivity contribution >= 4 is 5.78 Å². The summed E-state index contributed by atoms with van der Waals surface area (Å²) in [7, 11) is 0. The number of unbranched alkanes of at least 4 members (excludes halogenated alkanes) is 24. The van der Waals surface area contributed by atoms with Gasteiger partial charge in [-0.2, -0.15) is 0 Å². The molecule has 3 atom stereocenters. The van der Waals surface area contributed by atoms with Crippen molar-refractivity contribution < 1.29 is 20.1 Å². The lowest BCUT2D eigenvalue weighted by Gasteiger charge is -2.21. The van der Waals surface area contributed by atoms with Crippen molar-refractivity contribution in [2.24, 2.45) is 11.7 Å². The number of Topliss-reactive ketones (excluding diaryl/α,β-unsaturated/α-hetero) is 1. The zero-order valence-electron chi connectivity index (χ0n) is 27.5. The molecule has 246 valence electrons. The summed E-state index contributed by atoms with van der Waals surface area (Å²) in [5.41, 5.74) is 5.53. The highest BCUT2D eigenvalue weighted by atomic mass is 16.3. The maximum Gasteiger partial charge on any atom is 0.143 e. The van der Waals surface area contributed by atoms with Gasteiger partial charge in [0.25, 0.3) is 0 Å². The zero-order valence-corrected chi connectivity index (χ0v) is 27.5. The molecule has 5 heteroatoms. The Hall–Kier alpha value is -0.490. The molecule has 0 fully saturated rings. The molecule has 0 saturated carbocycles. The van der Waals surface area contributed by atoms with Crippen LogP contribution in [0.2, 0.25) is 0 Å². The lowest BCUT2D eigenvalue weighted by molar-refractivity contribution is -0.130. The molecule has 0 bridgehead atoms. The maximum atomic E-state index is 12.6. The Morgan fingerprint density at radius 3 is 1.24 bits per heavy atom. The number of hydrogen-bond acceptors (Lipinski definition) is 5. The summed E-state index contributed by atoms with van der Waals surface area (Å²) < 4.78 is 0. The molecule has 0 amide bonds. The normalized spacial score (nSPS) is 13.9. The molecule has 0 aliphatic rings. The molecule has 0 aliphatic heterocycles. The summed E-state index contributed by atoms with van der Waals surface area (Å²) in [6.45, 7) is 2.75. The van der Waals surface area contributed by atoms with Gasteiger partial charge in [-0.1, -0.05) is 167 Å². The molecule has 5 N–H and O–H groups in total.